The fourth-order valence-electron chi connectivity index (χ4n) is 1.92. The molecule has 0 radical (unpaired) electrons. The van der Waals surface area contributed by atoms with Crippen molar-refractivity contribution in [3.8, 4) is 5.75 Å². The average molecular weight is 292 g/mol. The van der Waals surface area contributed by atoms with Crippen molar-refractivity contribution >= 4 is 5.91 Å². The van der Waals surface area contributed by atoms with Gasteiger partial charge in [0.2, 0.25) is 5.91 Å². The highest BCUT2D eigenvalue weighted by atomic mass is 16.5. The second-order valence-corrected chi connectivity index (χ2v) is 5.78. The Kier molecular flexibility index (Phi) is 7.83. The zero-order chi connectivity index (χ0) is 15.7. The highest BCUT2D eigenvalue weighted by Gasteiger charge is 2.09. The van der Waals surface area contributed by atoms with Crippen LogP contribution in [0.1, 0.15) is 51.6 Å². The van der Waals surface area contributed by atoms with E-state index in [1.807, 2.05) is 31.2 Å². The van der Waals surface area contributed by atoms with Gasteiger partial charge in [0.25, 0.3) is 0 Å². The number of nitrogens with one attached hydrogen (secondary N) is 1. The lowest BCUT2D eigenvalue weighted by atomic mass is 10.1. The van der Waals surface area contributed by atoms with E-state index in [0.717, 1.165) is 30.8 Å². The summed E-state index contributed by atoms with van der Waals surface area (Å²) in [6.07, 6.45) is 2.26. The van der Waals surface area contributed by atoms with Gasteiger partial charge in [0.15, 0.2) is 0 Å². The van der Waals surface area contributed by atoms with Gasteiger partial charge in [0, 0.05) is 6.42 Å². The molecule has 0 spiro atoms. The molecule has 0 heterocycles. The van der Waals surface area contributed by atoms with Crippen molar-refractivity contribution in [2.45, 2.75) is 46.1 Å². The minimum Gasteiger partial charge on any atom is -0.494 e. The van der Waals surface area contributed by atoms with Crippen molar-refractivity contribution in [1.29, 1.82) is 0 Å². The molecule has 21 heavy (non-hydrogen) atoms. The second kappa shape index (κ2) is 9.40. The molecule has 0 saturated carbocycles. The van der Waals surface area contributed by atoms with Gasteiger partial charge >= 0.3 is 0 Å². The number of benzene rings is 1. The third-order valence-electron chi connectivity index (χ3n) is 3.33. The zero-order valence-electron chi connectivity index (χ0n) is 13.4. The van der Waals surface area contributed by atoms with Crippen molar-refractivity contribution < 1.29 is 9.53 Å². The number of carbonyl (C=O) groups is 1. The maximum absolute atomic E-state index is 11.7. The predicted octanol–water partition coefficient (Wildman–Crippen LogP) is 3.03. The van der Waals surface area contributed by atoms with Crippen LogP contribution in [0.15, 0.2) is 24.3 Å². The van der Waals surface area contributed by atoms with E-state index in [0.29, 0.717) is 18.9 Å². The molecule has 4 nitrogen and oxygen atoms in total. The number of rotatable bonds is 9. The molecule has 1 aromatic carbocycles. The SMILES string of the molecule is CC(C)CCOc1ccc(C(C)NC(=O)CCCN)cc1. The Labute approximate surface area is 128 Å². The summed E-state index contributed by atoms with van der Waals surface area (Å²) >= 11 is 0. The summed E-state index contributed by atoms with van der Waals surface area (Å²) in [7, 11) is 0. The van der Waals surface area contributed by atoms with Crippen molar-refractivity contribution in [2.24, 2.45) is 11.7 Å². The molecule has 3 N–H and O–H groups in total. The topological polar surface area (TPSA) is 64.3 Å². The van der Waals surface area contributed by atoms with Crippen LogP contribution in [-0.2, 0) is 4.79 Å². The molecule has 1 amide bonds. The maximum atomic E-state index is 11.7. The van der Waals surface area contributed by atoms with E-state index in [2.05, 4.69) is 19.2 Å². The van der Waals surface area contributed by atoms with Crippen molar-refractivity contribution in [2.75, 3.05) is 13.2 Å². The summed E-state index contributed by atoms with van der Waals surface area (Å²) in [6, 6.07) is 7.91. The largest absolute Gasteiger partial charge is 0.494 e. The molecular weight excluding hydrogens is 264 g/mol. The molecular formula is C17H28N2O2. The molecule has 1 rings (SSSR count). The summed E-state index contributed by atoms with van der Waals surface area (Å²) in [4.78, 5) is 11.7. The first-order valence-corrected chi connectivity index (χ1v) is 7.75. The number of hydrogen-bond acceptors (Lipinski definition) is 3. The van der Waals surface area contributed by atoms with Gasteiger partial charge < -0.3 is 15.8 Å². The molecule has 0 aliphatic rings. The predicted molar refractivity (Wildman–Crippen MR) is 86.2 cm³/mol. The first-order chi connectivity index (χ1) is 10.0. The van der Waals surface area contributed by atoms with Crippen LogP contribution < -0.4 is 15.8 Å². The van der Waals surface area contributed by atoms with Gasteiger partial charge in [-0.3, -0.25) is 4.79 Å². The van der Waals surface area contributed by atoms with Crippen LogP contribution in [0, 0.1) is 5.92 Å². The van der Waals surface area contributed by atoms with Crippen LogP contribution in [0.2, 0.25) is 0 Å². The fraction of sp³-hybridized carbons (Fsp3) is 0.588. The number of hydrogen-bond donors (Lipinski definition) is 2. The molecule has 4 heteroatoms. The van der Waals surface area contributed by atoms with Crippen LogP contribution in [0.25, 0.3) is 0 Å². The van der Waals surface area contributed by atoms with Gasteiger partial charge in [-0.15, -0.1) is 0 Å². The van der Waals surface area contributed by atoms with Gasteiger partial charge in [-0.2, -0.15) is 0 Å². The molecule has 0 aromatic heterocycles. The third-order valence-corrected chi connectivity index (χ3v) is 3.33. The summed E-state index contributed by atoms with van der Waals surface area (Å²) in [5, 5.41) is 2.97. The van der Waals surface area contributed by atoms with Gasteiger partial charge in [-0.25, -0.2) is 0 Å². The molecule has 1 aromatic rings. The van der Waals surface area contributed by atoms with Crippen LogP contribution in [0.3, 0.4) is 0 Å². The monoisotopic (exact) mass is 292 g/mol. The number of carbonyl (C=O) groups excluding carboxylic acids is 1. The quantitative estimate of drug-likeness (QED) is 0.735. The summed E-state index contributed by atoms with van der Waals surface area (Å²) in [6.45, 7) is 7.63. The minimum absolute atomic E-state index is 0.0000106. The Hall–Kier alpha value is -1.55. The Balaban J connectivity index is 2.43. The van der Waals surface area contributed by atoms with E-state index in [9.17, 15) is 4.79 Å². The lowest BCUT2D eigenvalue weighted by molar-refractivity contribution is -0.121. The van der Waals surface area contributed by atoms with E-state index < -0.39 is 0 Å². The van der Waals surface area contributed by atoms with Crippen LogP contribution in [0.5, 0.6) is 5.75 Å². The first-order valence-electron chi connectivity index (χ1n) is 7.75. The number of amides is 1. The summed E-state index contributed by atoms with van der Waals surface area (Å²) in [5.74, 6) is 1.57. The molecule has 0 fully saturated rings. The molecule has 0 aliphatic carbocycles. The van der Waals surface area contributed by atoms with Crippen molar-refractivity contribution in [3.05, 3.63) is 29.8 Å². The van der Waals surface area contributed by atoms with Gasteiger partial charge in [-0.05, 0) is 49.9 Å². The van der Waals surface area contributed by atoms with Crippen LogP contribution in [0.4, 0.5) is 0 Å². The van der Waals surface area contributed by atoms with Crippen molar-refractivity contribution in [3.63, 3.8) is 0 Å². The highest BCUT2D eigenvalue weighted by molar-refractivity contribution is 5.76. The third kappa shape index (κ3) is 7.14. The standard InChI is InChI=1S/C17H28N2O2/c1-13(2)10-12-21-16-8-6-15(7-9-16)14(3)19-17(20)5-4-11-18/h6-9,13-14H,4-5,10-12,18H2,1-3H3,(H,19,20). The first kappa shape index (κ1) is 17.5. The highest BCUT2D eigenvalue weighted by Crippen LogP contribution is 2.18. The Morgan fingerprint density at radius 3 is 2.48 bits per heavy atom. The number of ether oxygens (including phenoxy) is 1. The minimum atomic E-state index is -0.0000106. The maximum Gasteiger partial charge on any atom is 0.220 e. The number of nitrogens with two attached hydrogens (primary N) is 1. The molecule has 0 saturated heterocycles. The lowest BCUT2D eigenvalue weighted by Gasteiger charge is -2.15. The summed E-state index contributed by atoms with van der Waals surface area (Å²) < 4.78 is 5.68. The van der Waals surface area contributed by atoms with Gasteiger partial charge in [0.05, 0.1) is 12.6 Å². The van der Waals surface area contributed by atoms with E-state index in [1.54, 1.807) is 0 Å². The molecule has 1 atom stereocenters. The molecule has 0 bridgehead atoms. The molecule has 1 unspecified atom stereocenters. The second-order valence-electron chi connectivity index (χ2n) is 5.78. The fourth-order valence-corrected chi connectivity index (χ4v) is 1.92. The van der Waals surface area contributed by atoms with E-state index >= 15 is 0 Å². The Morgan fingerprint density at radius 2 is 1.90 bits per heavy atom. The van der Waals surface area contributed by atoms with E-state index in [4.69, 9.17) is 10.5 Å². The van der Waals surface area contributed by atoms with Crippen LogP contribution >= 0.6 is 0 Å². The Morgan fingerprint density at radius 1 is 1.24 bits per heavy atom. The van der Waals surface area contributed by atoms with Crippen molar-refractivity contribution in [1.82, 2.24) is 5.32 Å². The Bertz CT molecular complexity index is 415. The van der Waals surface area contributed by atoms with Crippen LogP contribution in [-0.4, -0.2) is 19.1 Å². The summed E-state index contributed by atoms with van der Waals surface area (Å²) in [5.41, 5.74) is 6.48. The lowest BCUT2D eigenvalue weighted by Crippen LogP contribution is -2.26. The average Bonchev–Trinajstić information content (AvgIpc) is 2.45. The van der Waals surface area contributed by atoms with E-state index in [-0.39, 0.29) is 11.9 Å². The van der Waals surface area contributed by atoms with E-state index in [1.165, 1.54) is 0 Å². The molecule has 118 valence electrons. The normalized spacial score (nSPS) is 12.2. The molecule has 0 aliphatic heterocycles. The zero-order valence-corrected chi connectivity index (χ0v) is 13.4. The smallest absolute Gasteiger partial charge is 0.220 e. The van der Waals surface area contributed by atoms with Gasteiger partial charge in [-0.1, -0.05) is 26.0 Å². The van der Waals surface area contributed by atoms with Gasteiger partial charge in [0.1, 0.15) is 5.75 Å².